The van der Waals surface area contributed by atoms with Gasteiger partial charge in [0.25, 0.3) is 0 Å². The third-order valence-electron chi connectivity index (χ3n) is 1.96. The molecule has 0 rings (SSSR count). The minimum atomic E-state index is -0.271. The molecule has 0 aromatic heterocycles. The van der Waals surface area contributed by atoms with E-state index in [1.54, 1.807) is 0 Å². The van der Waals surface area contributed by atoms with Crippen molar-refractivity contribution in [2.45, 2.75) is 52.1 Å². The number of aliphatic hydroxyl groups excluding tert-OH is 1. The van der Waals surface area contributed by atoms with E-state index in [4.69, 9.17) is 0 Å². The first-order chi connectivity index (χ1) is 5.22. The van der Waals surface area contributed by atoms with Crippen molar-refractivity contribution in [3.8, 4) is 0 Å². The monoisotopic (exact) mass is 156 g/mol. The van der Waals surface area contributed by atoms with Crippen molar-refractivity contribution in [2.75, 3.05) is 0 Å². The normalized spacial score (nSPS) is 13.0. The number of aliphatic hydroxyl groups is 1. The molecule has 0 aromatic carbocycles. The summed E-state index contributed by atoms with van der Waals surface area (Å²) in [5, 5.41) is 9.33. The van der Waals surface area contributed by atoms with Crippen LogP contribution < -0.4 is 0 Å². The van der Waals surface area contributed by atoms with E-state index in [0.29, 0.717) is 0 Å². The summed E-state index contributed by atoms with van der Waals surface area (Å²) in [5.74, 6) is 0. The molecule has 1 unspecified atom stereocenters. The Morgan fingerprint density at radius 1 is 1.36 bits per heavy atom. The van der Waals surface area contributed by atoms with Gasteiger partial charge in [0.1, 0.15) is 0 Å². The highest BCUT2D eigenvalue weighted by molar-refractivity contribution is 5.00. The van der Waals surface area contributed by atoms with Crippen molar-refractivity contribution in [1.29, 1.82) is 0 Å². The van der Waals surface area contributed by atoms with Crippen molar-refractivity contribution >= 4 is 0 Å². The molecular weight excluding hydrogens is 136 g/mol. The maximum absolute atomic E-state index is 9.33. The molecule has 0 aliphatic heterocycles. The molecule has 0 amide bonds. The third-order valence-corrected chi connectivity index (χ3v) is 1.96. The van der Waals surface area contributed by atoms with Gasteiger partial charge in [-0.1, -0.05) is 33.3 Å². The molecule has 1 heteroatoms. The van der Waals surface area contributed by atoms with Gasteiger partial charge in [0.15, 0.2) is 0 Å². The first-order valence-electron chi connectivity index (χ1n) is 4.58. The summed E-state index contributed by atoms with van der Waals surface area (Å²) in [6.45, 7) is 8.01. The fourth-order valence-electron chi connectivity index (χ4n) is 1.06. The summed E-state index contributed by atoms with van der Waals surface area (Å²) in [4.78, 5) is 0. The molecule has 1 nitrogen and oxygen atoms in total. The lowest BCUT2D eigenvalue weighted by Crippen LogP contribution is -2.07. The molecule has 0 aliphatic carbocycles. The summed E-state index contributed by atoms with van der Waals surface area (Å²) in [6.07, 6.45) is 5.16. The second kappa shape index (κ2) is 6.41. The van der Waals surface area contributed by atoms with Crippen molar-refractivity contribution < 1.29 is 5.11 Å². The van der Waals surface area contributed by atoms with Crippen LogP contribution in [0.3, 0.4) is 0 Å². The molecule has 1 N–H and O–H groups in total. The number of hydrogen-bond acceptors (Lipinski definition) is 1. The van der Waals surface area contributed by atoms with Crippen LogP contribution in [-0.2, 0) is 0 Å². The van der Waals surface area contributed by atoms with Crippen molar-refractivity contribution in [3.63, 3.8) is 0 Å². The SMILES string of the molecule is C=C(CCCCC)C(O)CC. The van der Waals surface area contributed by atoms with Gasteiger partial charge in [-0.25, -0.2) is 0 Å². The Hall–Kier alpha value is -0.300. The standard InChI is InChI=1S/C10H20O/c1-4-6-7-8-9(3)10(11)5-2/h10-11H,3-8H2,1-2H3. The summed E-state index contributed by atoms with van der Waals surface area (Å²) in [6, 6.07) is 0. The Bertz CT molecular complexity index is 107. The summed E-state index contributed by atoms with van der Waals surface area (Å²) in [5.41, 5.74) is 1.00. The molecule has 0 spiro atoms. The van der Waals surface area contributed by atoms with Gasteiger partial charge >= 0.3 is 0 Å². The molecule has 0 saturated heterocycles. The van der Waals surface area contributed by atoms with Gasteiger partial charge in [-0.3, -0.25) is 0 Å². The molecular formula is C10H20O. The molecule has 1 atom stereocenters. The second-order valence-corrected chi connectivity index (χ2v) is 3.04. The largest absolute Gasteiger partial charge is 0.389 e. The maximum atomic E-state index is 9.33. The maximum Gasteiger partial charge on any atom is 0.0744 e. The van der Waals surface area contributed by atoms with Crippen LogP contribution in [0.1, 0.15) is 46.0 Å². The number of rotatable bonds is 6. The number of hydrogen-bond donors (Lipinski definition) is 1. The highest BCUT2D eigenvalue weighted by atomic mass is 16.3. The highest BCUT2D eigenvalue weighted by Gasteiger charge is 2.04. The van der Waals surface area contributed by atoms with Gasteiger partial charge in [0.05, 0.1) is 6.10 Å². The minimum Gasteiger partial charge on any atom is -0.389 e. The van der Waals surface area contributed by atoms with Gasteiger partial charge in [-0.15, -0.1) is 0 Å². The predicted octanol–water partition coefficient (Wildman–Crippen LogP) is 2.89. The fraction of sp³-hybridized carbons (Fsp3) is 0.800. The molecule has 0 heterocycles. The summed E-state index contributed by atoms with van der Waals surface area (Å²) in [7, 11) is 0. The average molecular weight is 156 g/mol. The van der Waals surface area contributed by atoms with Crippen molar-refractivity contribution in [1.82, 2.24) is 0 Å². The van der Waals surface area contributed by atoms with Crippen LogP contribution in [0.4, 0.5) is 0 Å². The Morgan fingerprint density at radius 3 is 2.45 bits per heavy atom. The van der Waals surface area contributed by atoms with Gasteiger partial charge < -0.3 is 5.11 Å². The molecule has 0 saturated carbocycles. The van der Waals surface area contributed by atoms with E-state index in [2.05, 4.69) is 13.5 Å². The van der Waals surface area contributed by atoms with E-state index in [1.165, 1.54) is 19.3 Å². The lowest BCUT2D eigenvalue weighted by Gasteiger charge is -2.10. The van der Waals surface area contributed by atoms with Gasteiger partial charge in [-0.2, -0.15) is 0 Å². The quantitative estimate of drug-likeness (QED) is 0.463. The fourth-order valence-corrected chi connectivity index (χ4v) is 1.06. The zero-order valence-electron chi connectivity index (χ0n) is 7.77. The Kier molecular flexibility index (Phi) is 6.24. The molecule has 0 aromatic rings. The Labute approximate surface area is 70.1 Å². The molecule has 0 bridgehead atoms. The number of unbranched alkanes of at least 4 members (excludes halogenated alkanes) is 2. The minimum absolute atomic E-state index is 0.271. The van der Waals surface area contributed by atoms with Crippen LogP contribution in [-0.4, -0.2) is 11.2 Å². The molecule has 0 radical (unpaired) electrons. The first kappa shape index (κ1) is 10.7. The smallest absolute Gasteiger partial charge is 0.0744 e. The van der Waals surface area contributed by atoms with Crippen molar-refractivity contribution in [2.24, 2.45) is 0 Å². The Balaban J connectivity index is 3.36. The Morgan fingerprint density at radius 2 is 2.00 bits per heavy atom. The van der Waals surface area contributed by atoms with Crippen LogP contribution in [0.15, 0.2) is 12.2 Å². The molecule has 0 fully saturated rings. The van der Waals surface area contributed by atoms with E-state index in [9.17, 15) is 5.11 Å². The lowest BCUT2D eigenvalue weighted by atomic mass is 10.0. The average Bonchev–Trinajstić information content (AvgIpc) is 2.03. The molecule has 0 aliphatic rings. The van der Waals surface area contributed by atoms with Gasteiger partial charge in [0, 0.05) is 0 Å². The van der Waals surface area contributed by atoms with E-state index in [1.807, 2.05) is 6.92 Å². The predicted molar refractivity (Wildman–Crippen MR) is 49.6 cm³/mol. The molecule has 66 valence electrons. The van der Waals surface area contributed by atoms with Crippen LogP contribution in [0.5, 0.6) is 0 Å². The van der Waals surface area contributed by atoms with Crippen molar-refractivity contribution in [3.05, 3.63) is 12.2 Å². The molecule has 11 heavy (non-hydrogen) atoms. The van der Waals surface area contributed by atoms with Crippen LogP contribution in [0.2, 0.25) is 0 Å². The van der Waals surface area contributed by atoms with Crippen LogP contribution in [0.25, 0.3) is 0 Å². The zero-order chi connectivity index (χ0) is 8.69. The first-order valence-corrected chi connectivity index (χ1v) is 4.58. The zero-order valence-corrected chi connectivity index (χ0v) is 7.77. The summed E-state index contributed by atoms with van der Waals surface area (Å²) >= 11 is 0. The van der Waals surface area contributed by atoms with Crippen LogP contribution >= 0.6 is 0 Å². The van der Waals surface area contributed by atoms with E-state index >= 15 is 0 Å². The third kappa shape index (κ3) is 5.02. The van der Waals surface area contributed by atoms with E-state index in [-0.39, 0.29) is 6.10 Å². The highest BCUT2D eigenvalue weighted by Crippen LogP contribution is 2.12. The van der Waals surface area contributed by atoms with Gasteiger partial charge in [-0.05, 0) is 24.8 Å². The topological polar surface area (TPSA) is 20.2 Å². The van der Waals surface area contributed by atoms with E-state index in [0.717, 1.165) is 18.4 Å². The van der Waals surface area contributed by atoms with Gasteiger partial charge in [0.2, 0.25) is 0 Å². The van der Waals surface area contributed by atoms with E-state index < -0.39 is 0 Å². The second-order valence-electron chi connectivity index (χ2n) is 3.04. The summed E-state index contributed by atoms with van der Waals surface area (Å²) < 4.78 is 0. The lowest BCUT2D eigenvalue weighted by molar-refractivity contribution is 0.202. The van der Waals surface area contributed by atoms with Crippen LogP contribution in [0, 0.1) is 0 Å².